The van der Waals surface area contributed by atoms with Gasteiger partial charge in [0, 0.05) is 13.2 Å². The van der Waals surface area contributed by atoms with E-state index in [2.05, 4.69) is 0 Å². The molecule has 0 aromatic heterocycles. The molecule has 0 aromatic rings. The Balaban J connectivity index is 2.32. The Morgan fingerprint density at radius 2 is 1.90 bits per heavy atom. The first kappa shape index (κ1) is 16.3. The number of nitrogens with zero attached hydrogens (tertiary/aromatic N) is 1. The molecule has 1 N–H and O–H groups in total. The second-order valence-electron chi connectivity index (χ2n) is 6.54. The lowest BCUT2D eigenvalue weighted by Crippen LogP contribution is -2.62. The van der Waals surface area contributed by atoms with Crippen LogP contribution < -0.4 is 0 Å². The summed E-state index contributed by atoms with van der Waals surface area (Å²) in [6.07, 6.45) is 6.32. The highest BCUT2D eigenvalue weighted by Gasteiger charge is 2.48. The van der Waals surface area contributed by atoms with E-state index in [0.29, 0.717) is 18.8 Å². The van der Waals surface area contributed by atoms with Crippen LogP contribution in [0.15, 0.2) is 0 Å². The van der Waals surface area contributed by atoms with Crippen LogP contribution in [-0.4, -0.2) is 46.7 Å². The number of likely N-dealkylation sites (tertiary alicyclic amines) is 1. The normalized spacial score (nSPS) is 32.1. The minimum Gasteiger partial charge on any atom is -0.480 e. The summed E-state index contributed by atoms with van der Waals surface area (Å²) in [5.74, 6) is -0.588. The number of piperidine rings is 1. The van der Waals surface area contributed by atoms with Crippen LogP contribution in [0.4, 0.5) is 0 Å². The molecule has 4 unspecified atom stereocenters. The average Bonchev–Trinajstić information content (AvgIpc) is 2.52. The topological polar surface area (TPSA) is 66.8 Å². The van der Waals surface area contributed by atoms with E-state index in [1.807, 2.05) is 6.92 Å². The van der Waals surface area contributed by atoms with Gasteiger partial charge < -0.3 is 14.7 Å². The lowest BCUT2D eigenvalue weighted by atomic mass is 9.75. The van der Waals surface area contributed by atoms with E-state index in [-0.39, 0.29) is 11.9 Å². The number of aliphatic carboxylic acids is 1. The fraction of sp³-hybridized carbons (Fsp3) is 0.875. The van der Waals surface area contributed by atoms with Crippen molar-refractivity contribution in [2.45, 2.75) is 76.5 Å². The Kier molecular flexibility index (Phi) is 4.91. The maximum absolute atomic E-state index is 13.0. The van der Waals surface area contributed by atoms with Gasteiger partial charge in [-0.1, -0.05) is 19.8 Å². The smallest absolute Gasteiger partial charge is 0.326 e. The number of carboxylic acids is 1. The summed E-state index contributed by atoms with van der Waals surface area (Å²) in [4.78, 5) is 26.3. The molecule has 5 nitrogen and oxygen atoms in total. The van der Waals surface area contributed by atoms with E-state index in [1.54, 1.807) is 11.8 Å². The molecule has 1 aliphatic carbocycles. The first-order valence-electron chi connectivity index (χ1n) is 8.05. The van der Waals surface area contributed by atoms with Crippen LogP contribution >= 0.6 is 0 Å². The molecule has 2 aliphatic rings. The summed E-state index contributed by atoms with van der Waals surface area (Å²) in [6.45, 7) is 3.67. The minimum absolute atomic E-state index is 0.0714. The van der Waals surface area contributed by atoms with Crippen LogP contribution in [0.25, 0.3) is 0 Å². The molecule has 21 heavy (non-hydrogen) atoms. The predicted molar refractivity (Wildman–Crippen MR) is 79.0 cm³/mol. The SMILES string of the molecule is CCC(C)(OC)C(=O)N1C(C(=O)O)CCC2CCCCC21. The number of carboxylic acid groups (broad SMARTS) is 1. The van der Waals surface area contributed by atoms with Gasteiger partial charge in [-0.3, -0.25) is 4.79 Å². The standard InChI is InChI=1S/C16H27NO4/c1-4-16(2,21-3)15(20)17-12-8-6-5-7-11(12)9-10-13(17)14(18)19/h11-13H,4-10H2,1-3H3,(H,18,19). The first-order valence-corrected chi connectivity index (χ1v) is 8.05. The molecule has 2 fully saturated rings. The molecular weight excluding hydrogens is 270 g/mol. The number of hydrogen-bond donors (Lipinski definition) is 1. The molecule has 2 rings (SSSR count). The van der Waals surface area contributed by atoms with Gasteiger partial charge in [0.25, 0.3) is 5.91 Å². The van der Waals surface area contributed by atoms with Gasteiger partial charge >= 0.3 is 5.97 Å². The number of carbonyl (C=O) groups excluding carboxylic acids is 1. The third-order valence-electron chi connectivity index (χ3n) is 5.47. The van der Waals surface area contributed by atoms with Gasteiger partial charge in [0.2, 0.25) is 0 Å². The second kappa shape index (κ2) is 6.34. The predicted octanol–water partition coefficient (Wildman–Crippen LogP) is 2.44. The van der Waals surface area contributed by atoms with Crippen molar-refractivity contribution in [1.29, 1.82) is 0 Å². The van der Waals surface area contributed by atoms with E-state index in [9.17, 15) is 14.7 Å². The van der Waals surface area contributed by atoms with E-state index in [1.165, 1.54) is 13.5 Å². The van der Waals surface area contributed by atoms with E-state index in [4.69, 9.17) is 4.74 Å². The van der Waals surface area contributed by atoms with Crippen molar-refractivity contribution in [2.24, 2.45) is 5.92 Å². The average molecular weight is 297 g/mol. The maximum Gasteiger partial charge on any atom is 0.326 e. The number of methoxy groups -OCH3 is 1. The number of rotatable bonds is 4. The van der Waals surface area contributed by atoms with Gasteiger partial charge in [-0.25, -0.2) is 4.79 Å². The molecule has 4 atom stereocenters. The van der Waals surface area contributed by atoms with Gasteiger partial charge in [-0.2, -0.15) is 0 Å². The fourth-order valence-electron chi connectivity index (χ4n) is 3.82. The van der Waals surface area contributed by atoms with Gasteiger partial charge in [-0.05, 0) is 44.9 Å². The van der Waals surface area contributed by atoms with Crippen molar-refractivity contribution in [3.63, 3.8) is 0 Å². The number of ether oxygens (including phenoxy) is 1. The van der Waals surface area contributed by atoms with Gasteiger partial charge in [0.15, 0.2) is 0 Å². The van der Waals surface area contributed by atoms with Crippen LogP contribution in [0.1, 0.15) is 58.8 Å². The Labute approximate surface area is 126 Å². The van der Waals surface area contributed by atoms with Crippen molar-refractivity contribution in [2.75, 3.05) is 7.11 Å². The number of amides is 1. The third kappa shape index (κ3) is 2.93. The summed E-state index contributed by atoms with van der Waals surface area (Å²) in [7, 11) is 1.53. The van der Waals surface area contributed by atoms with Gasteiger partial charge in [0.1, 0.15) is 11.6 Å². The lowest BCUT2D eigenvalue weighted by molar-refractivity contribution is -0.171. The largest absolute Gasteiger partial charge is 0.480 e. The molecule has 1 saturated carbocycles. The van der Waals surface area contributed by atoms with Gasteiger partial charge in [-0.15, -0.1) is 0 Å². The van der Waals surface area contributed by atoms with Crippen molar-refractivity contribution >= 4 is 11.9 Å². The number of carbonyl (C=O) groups is 2. The van der Waals surface area contributed by atoms with Crippen LogP contribution in [0, 0.1) is 5.92 Å². The zero-order valence-corrected chi connectivity index (χ0v) is 13.3. The molecule has 1 aliphatic heterocycles. The number of hydrogen-bond acceptors (Lipinski definition) is 3. The molecule has 1 saturated heterocycles. The summed E-state index contributed by atoms with van der Waals surface area (Å²) < 4.78 is 5.43. The summed E-state index contributed by atoms with van der Waals surface area (Å²) in [6, 6.07) is -0.625. The Morgan fingerprint density at radius 3 is 2.48 bits per heavy atom. The molecule has 1 heterocycles. The molecule has 120 valence electrons. The molecule has 0 bridgehead atoms. The van der Waals surface area contributed by atoms with Crippen LogP contribution in [0.3, 0.4) is 0 Å². The minimum atomic E-state index is -0.924. The Bertz CT molecular complexity index is 405. The van der Waals surface area contributed by atoms with Crippen molar-refractivity contribution < 1.29 is 19.4 Å². The van der Waals surface area contributed by atoms with E-state index in [0.717, 1.165) is 25.7 Å². The van der Waals surface area contributed by atoms with E-state index < -0.39 is 17.6 Å². The lowest BCUT2D eigenvalue weighted by Gasteiger charge is -2.49. The molecule has 1 amide bonds. The van der Waals surface area contributed by atoms with Crippen LogP contribution in [0.2, 0.25) is 0 Å². The molecular formula is C16H27NO4. The van der Waals surface area contributed by atoms with Crippen LogP contribution in [0.5, 0.6) is 0 Å². The van der Waals surface area contributed by atoms with Crippen LogP contribution in [-0.2, 0) is 14.3 Å². The Morgan fingerprint density at radius 1 is 1.24 bits per heavy atom. The first-order chi connectivity index (χ1) is 9.94. The monoisotopic (exact) mass is 297 g/mol. The zero-order chi connectivity index (χ0) is 15.6. The third-order valence-corrected chi connectivity index (χ3v) is 5.47. The molecule has 5 heteroatoms. The highest BCUT2D eigenvalue weighted by molar-refractivity contribution is 5.89. The summed E-state index contributed by atoms with van der Waals surface area (Å²) >= 11 is 0. The second-order valence-corrected chi connectivity index (χ2v) is 6.54. The molecule has 0 aromatic carbocycles. The Hall–Kier alpha value is -1.10. The number of fused-ring (bicyclic) bond motifs is 1. The molecule has 0 radical (unpaired) electrons. The van der Waals surface area contributed by atoms with Crippen molar-refractivity contribution in [1.82, 2.24) is 4.90 Å². The van der Waals surface area contributed by atoms with Crippen molar-refractivity contribution in [3.8, 4) is 0 Å². The quantitative estimate of drug-likeness (QED) is 0.865. The zero-order valence-electron chi connectivity index (χ0n) is 13.3. The highest BCUT2D eigenvalue weighted by Crippen LogP contribution is 2.39. The molecule has 0 spiro atoms. The van der Waals surface area contributed by atoms with Crippen molar-refractivity contribution in [3.05, 3.63) is 0 Å². The summed E-state index contributed by atoms with van der Waals surface area (Å²) in [5, 5.41) is 9.52. The highest BCUT2D eigenvalue weighted by atomic mass is 16.5. The van der Waals surface area contributed by atoms with Gasteiger partial charge in [0.05, 0.1) is 0 Å². The maximum atomic E-state index is 13.0. The van der Waals surface area contributed by atoms with E-state index >= 15 is 0 Å². The fourth-order valence-corrected chi connectivity index (χ4v) is 3.82. The summed E-state index contributed by atoms with van der Waals surface area (Å²) in [5.41, 5.74) is -0.924.